The molecule has 0 aliphatic heterocycles. The number of anilines is 1. The molecule has 0 unspecified atom stereocenters. The molecule has 3 aromatic rings. The predicted molar refractivity (Wildman–Crippen MR) is 123 cm³/mol. The van der Waals surface area contributed by atoms with Gasteiger partial charge in [0.2, 0.25) is 0 Å². The van der Waals surface area contributed by atoms with Crippen molar-refractivity contribution in [3.05, 3.63) is 66.0 Å². The Balaban J connectivity index is 1.40. The molecule has 0 saturated heterocycles. The van der Waals surface area contributed by atoms with Crippen molar-refractivity contribution in [3.8, 4) is 11.8 Å². The van der Waals surface area contributed by atoms with Gasteiger partial charge in [0, 0.05) is 23.9 Å². The summed E-state index contributed by atoms with van der Waals surface area (Å²) in [6.07, 6.45) is 11.6. The zero-order valence-electron chi connectivity index (χ0n) is 17.5. The average Bonchev–Trinajstić information content (AvgIpc) is 2.77. The number of unbranched alkanes of at least 4 members (excludes halogenated alkanes) is 5. The summed E-state index contributed by atoms with van der Waals surface area (Å²) in [7, 11) is 0. The number of aromatic nitrogens is 2. The van der Waals surface area contributed by atoms with Crippen LogP contribution >= 0.6 is 0 Å². The highest BCUT2D eigenvalue weighted by Crippen LogP contribution is 2.18. The third-order valence-electron chi connectivity index (χ3n) is 5.09. The van der Waals surface area contributed by atoms with E-state index in [1.807, 2.05) is 24.3 Å². The average molecular weight is 386 g/mol. The van der Waals surface area contributed by atoms with Crippen molar-refractivity contribution >= 4 is 16.7 Å². The number of nitrogens with zero attached hydrogens (tertiary/aromatic N) is 2. The summed E-state index contributed by atoms with van der Waals surface area (Å²) in [5.41, 5.74) is 3.46. The molecule has 0 bridgehead atoms. The molecule has 3 heteroatoms. The Morgan fingerprint density at radius 1 is 0.862 bits per heavy atom. The molecule has 2 aromatic carbocycles. The van der Waals surface area contributed by atoms with Crippen LogP contribution in [0.3, 0.4) is 0 Å². The Bertz CT molecular complexity index is 930. The van der Waals surface area contributed by atoms with Gasteiger partial charge in [0.15, 0.2) is 0 Å². The van der Waals surface area contributed by atoms with Gasteiger partial charge in [0.25, 0.3) is 0 Å². The van der Waals surface area contributed by atoms with Gasteiger partial charge >= 0.3 is 0 Å². The lowest BCUT2D eigenvalue weighted by molar-refractivity contribution is 0.607. The molecule has 0 aliphatic rings. The number of benzene rings is 2. The van der Waals surface area contributed by atoms with E-state index in [4.69, 9.17) is 0 Å². The Hall–Kier alpha value is -2.86. The quantitative estimate of drug-likeness (QED) is 0.325. The number of hydrogen-bond acceptors (Lipinski definition) is 3. The Morgan fingerprint density at radius 3 is 2.52 bits per heavy atom. The van der Waals surface area contributed by atoms with E-state index < -0.39 is 0 Å². The van der Waals surface area contributed by atoms with Crippen LogP contribution < -0.4 is 5.32 Å². The standard InChI is InChI=1S/C26H31N3/c1-2-3-4-5-6-7-12-22-16-18-23(19-17-22)13-10-11-20-27-26-24-14-8-9-15-25(24)28-21-29-26/h8-9,14-19,21H,2-7,11-12,20H2,1H3,(H,27,28,29). The SMILES string of the molecule is CCCCCCCCc1ccc(C#CCCNc2ncnc3ccccc23)cc1. The van der Waals surface area contributed by atoms with Crippen LogP contribution in [0.25, 0.3) is 10.9 Å². The highest BCUT2D eigenvalue weighted by molar-refractivity contribution is 5.88. The normalized spacial score (nSPS) is 10.5. The van der Waals surface area contributed by atoms with E-state index in [0.717, 1.165) is 35.2 Å². The van der Waals surface area contributed by atoms with Crippen LogP contribution in [0.5, 0.6) is 0 Å². The predicted octanol–water partition coefficient (Wildman–Crippen LogP) is 6.39. The molecule has 0 amide bonds. The van der Waals surface area contributed by atoms with Gasteiger partial charge in [-0.1, -0.05) is 75.1 Å². The maximum Gasteiger partial charge on any atom is 0.137 e. The van der Waals surface area contributed by atoms with Crippen molar-refractivity contribution in [3.63, 3.8) is 0 Å². The number of rotatable bonds is 10. The molecule has 0 fully saturated rings. The van der Waals surface area contributed by atoms with E-state index in [0.29, 0.717) is 0 Å². The minimum Gasteiger partial charge on any atom is -0.368 e. The van der Waals surface area contributed by atoms with Crippen LogP contribution in [0.1, 0.15) is 63.0 Å². The van der Waals surface area contributed by atoms with E-state index >= 15 is 0 Å². The first-order valence-corrected chi connectivity index (χ1v) is 10.9. The summed E-state index contributed by atoms with van der Waals surface area (Å²) in [5, 5.41) is 4.42. The molecular weight excluding hydrogens is 354 g/mol. The number of nitrogens with one attached hydrogen (secondary N) is 1. The van der Waals surface area contributed by atoms with Crippen LogP contribution in [0.4, 0.5) is 5.82 Å². The molecule has 29 heavy (non-hydrogen) atoms. The molecule has 150 valence electrons. The molecule has 3 rings (SSSR count). The smallest absolute Gasteiger partial charge is 0.137 e. The topological polar surface area (TPSA) is 37.8 Å². The molecule has 0 aliphatic carbocycles. The molecule has 0 atom stereocenters. The summed E-state index contributed by atoms with van der Waals surface area (Å²) >= 11 is 0. The zero-order valence-corrected chi connectivity index (χ0v) is 17.5. The first-order valence-electron chi connectivity index (χ1n) is 10.9. The first kappa shape index (κ1) is 20.9. The molecule has 0 saturated carbocycles. The fourth-order valence-electron chi connectivity index (χ4n) is 3.42. The Labute approximate surface area is 175 Å². The van der Waals surface area contributed by atoms with Crippen LogP contribution in [0, 0.1) is 11.8 Å². The Kier molecular flexibility index (Phi) is 8.54. The van der Waals surface area contributed by atoms with Crippen molar-refractivity contribution in [1.29, 1.82) is 0 Å². The molecular formula is C26H31N3. The van der Waals surface area contributed by atoms with Crippen LogP contribution in [-0.4, -0.2) is 16.5 Å². The lowest BCUT2D eigenvalue weighted by atomic mass is 10.0. The molecule has 1 N–H and O–H groups in total. The number of aryl methyl sites for hydroxylation is 1. The number of hydrogen-bond donors (Lipinski definition) is 1. The van der Waals surface area contributed by atoms with Gasteiger partial charge in [-0.25, -0.2) is 9.97 Å². The second-order valence-corrected chi connectivity index (χ2v) is 7.43. The molecule has 1 heterocycles. The van der Waals surface area contributed by atoms with Crippen molar-refractivity contribution in [2.75, 3.05) is 11.9 Å². The minimum absolute atomic E-state index is 0.768. The van der Waals surface area contributed by atoms with Crippen LogP contribution in [0.2, 0.25) is 0 Å². The number of para-hydroxylation sites is 1. The van der Waals surface area contributed by atoms with Crippen molar-refractivity contribution in [2.45, 2.75) is 58.3 Å². The maximum absolute atomic E-state index is 4.35. The molecule has 3 nitrogen and oxygen atoms in total. The van der Waals surface area contributed by atoms with E-state index in [1.165, 1.54) is 50.5 Å². The zero-order chi connectivity index (χ0) is 20.2. The summed E-state index contributed by atoms with van der Waals surface area (Å²) < 4.78 is 0. The van der Waals surface area contributed by atoms with Gasteiger partial charge in [0.05, 0.1) is 5.52 Å². The van der Waals surface area contributed by atoms with Gasteiger partial charge in [-0.3, -0.25) is 0 Å². The number of fused-ring (bicyclic) bond motifs is 1. The third kappa shape index (κ3) is 6.91. The van der Waals surface area contributed by atoms with Gasteiger partial charge in [-0.2, -0.15) is 0 Å². The van der Waals surface area contributed by atoms with Gasteiger partial charge in [-0.15, -0.1) is 0 Å². The van der Waals surface area contributed by atoms with Crippen molar-refractivity contribution < 1.29 is 0 Å². The van der Waals surface area contributed by atoms with E-state index in [2.05, 4.69) is 58.3 Å². The summed E-state index contributed by atoms with van der Waals surface area (Å²) in [5.74, 6) is 7.39. The molecule has 1 aromatic heterocycles. The van der Waals surface area contributed by atoms with E-state index in [1.54, 1.807) is 6.33 Å². The van der Waals surface area contributed by atoms with E-state index in [9.17, 15) is 0 Å². The largest absolute Gasteiger partial charge is 0.368 e. The van der Waals surface area contributed by atoms with Crippen molar-refractivity contribution in [1.82, 2.24) is 9.97 Å². The second kappa shape index (κ2) is 11.9. The van der Waals surface area contributed by atoms with E-state index in [-0.39, 0.29) is 0 Å². The Morgan fingerprint density at radius 2 is 1.66 bits per heavy atom. The summed E-state index contributed by atoms with van der Waals surface area (Å²) in [6.45, 7) is 3.03. The van der Waals surface area contributed by atoms with Crippen molar-refractivity contribution in [2.24, 2.45) is 0 Å². The maximum atomic E-state index is 4.35. The van der Waals surface area contributed by atoms with Crippen LogP contribution in [0.15, 0.2) is 54.9 Å². The monoisotopic (exact) mass is 385 g/mol. The van der Waals surface area contributed by atoms with Gasteiger partial charge < -0.3 is 5.32 Å². The second-order valence-electron chi connectivity index (χ2n) is 7.43. The van der Waals surface area contributed by atoms with Crippen LogP contribution in [-0.2, 0) is 6.42 Å². The van der Waals surface area contributed by atoms with Gasteiger partial charge in [-0.05, 0) is 42.7 Å². The van der Waals surface area contributed by atoms with Gasteiger partial charge in [0.1, 0.15) is 12.1 Å². The molecule has 0 radical (unpaired) electrons. The lowest BCUT2D eigenvalue weighted by Gasteiger charge is -2.06. The highest BCUT2D eigenvalue weighted by Gasteiger charge is 2.01. The lowest BCUT2D eigenvalue weighted by Crippen LogP contribution is -2.03. The first-order chi connectivity index (χ1) is 14.4. The fourth-order valence-corrected chi connectivity index (χ4v) is 3.42. The third-order valence-corrected chi connectivity index (χ3v) is 5.09. The highest BCUT2D eigenvalue weighted by atomic mass is 15.0. The minimum atomic E-state index is 0.768. The fraction of sp³-hybridized carbons (Fsp3) is 0.385. The molecule has 0 spiro atoms. The summed E-state index contributed by atoms with van der Waals surface area (Å²) in [6, 6.07) is 16.8. The summed E-state index contributed by atoms with van der Waals surface area (Å²) in [4.78, 5) is 8.64.